The van der Waals surface area contributed by atoms with Crippen LogP contribution in [-0.2, 0) is 37.1 Å². The number of hydrogen-bond donors (Lipinski definition) is 14. The predicted octanol–water partition coefficient (Wildman–Crippen LogP) is 3.65. The van der Waals surface area contributed by atoms with Crippen molar-refractivity contribution in [2.24, 2.45) is 23.1 Å². The molecule has 0 aliphatic carbocycles. The minimum Gasteiger partial charge on any atom is -0.481 e. The molecule has 0 saturated heterocycles. The molecule has 2 aliphatic rings. The Bertz CT molecular complexity index is 2840. The number of aliphatic carboxylic acids is 1. The molecule has 4 aromatic rings. The van der Waals surface area contributed by atoms with Crippen LogP contribution in [0.5, 0.6) is 0 Å². The van der Waals surface area contributed by atoms with E-state index in [-0.39, 0.29) is 54.1 Å². The second-order valence-electron chi connectivity index (χ2n) is 19.0. The van der Waals surface area contributed by atoms with Crippen LogP contribution < -0.4 is 71.2 Å². The smallest absolute Gasteiger partial charge is 0.303 e. The molecule has 2 heterocycles. The Hall–Kier alpha value is -8.73. The molecule has 19 N–H and O–H groups in total. The molecule has 0 aromatic heterocycles. The molecule has 412 valence electrons. The maximum absolute atomic E-state index is 13.5. The molecule has 0 radical (unpaired) electrons. The van der Waals surface area contributed by atoms with Gasteiger partial charge in [-0.1, -0.05) is 58.6 Å². The van der Waals surface area contributed by atoms with Crippen LogP contribution in [0.3, 0.4) is 0 Å². The second kappa shape index (κ2) is 28.2. The van der Waals surface area contributed by atoms with Crippen LogP contribution in [-0.4, -0.2) is 89.0 Å². The van der Waals surface area contributed by atoms with Gasteiger partial charge in [-0.15, -0.1) is 0 Å². The summed E-state index contributed by atoms with van der Waals surface area (Å²) in [7, 11) is 0. The summed E-state index contributed by atoms with van der Waals surface area (Å²) in [6.07, 6.45) is 4.35. The zero-order valence-electron chi connectivity index (χ0n) is 43.5. The number of primary amides is 2. The summed E-state index contributed by atoms with van der Waals surface area (Å²) in [4.78, 5) is 115. The maximum atomic E-state index is 13.5. The third kappa shape index (κ3) is 16.9. The van der Waals surface area contributed by atoms with Crippen molar-refractivity contribution in [1.82, 2.24) is 21.3 Å². The number of benzene rings is 4. The molecule has 0 spiro atoms. The van der Waals surface area contributed by atoms with Crippen LogP contribution >= 0.6 is 0 Å². The van der Waals surface area contributed by atoms with Crippen LogP contribution in [0.4, 0.5) is 34.1 Å². The van der Waals surface area contributed by atoms with Crippen molar-refractivity contribution in [3.8, 4) is 0 Å². The standard InChI is InChI=1S/C27H37N7O4.C27H34N6O6/c1-3-15(2)23-27(38)32-21(6-4-5-11-28)26(37)33-22-12-16(24(30)35)7-8-17(22)14-31-20-10-9-18(29)13-19(20)25(36)34-23;1-2-3-4-5-20-26(38)33-22-12-15(24(29)36)6-7-16(22)14-30-19-9-8-17(28)13-18(19)25(37)31-21(27(39)32-20)10-11-23(34)35/h7-10,12-13,15,21,23,31H,3-6,11,14,28-29H2,1-2H3,(H2,30,35)(H,32,38)(H,33,37)(H,34,36);6-9,12-13,20-21,30H,2-5,10-11,14,28H2,1H3,(H2,29,36)(H,31,37)(H,32,39)(H,33,38)(H,34,35)/t15-,21-,23-;20-,21?/m00/s1. The molecule has 0 fully saturated rings. The molecule has 4 aromatic carbocycles. The SMILES string of the molecule is CCCCC[C@@H]1NC(=O)C(CCC(=O)O)NC(=O)c2cc(N)ccc2NCc2ccc(C(N)=O)cc2NC1=O.CC[C@H](C)[C@@H]1NC(=O)c2cc(N)ccc2NCc2ccc(C(N)=O)cc2NC(=O)[C@H](CCCCN)NC1=O. The van der Waals surface area contributed by atoms with Gasteiger partial charge in [0.1, 0.15) is 24.2 Å². The van der Waals surface area contributed by atoms with Crippen molar-refractivity contribution in [3.05, 3.63) is 106 Å². The van der Waals surface area contributed by atoms with Gasteiger partial charge in [-0.2, -0.15) is 0 Å². The lowest BCUT2D eigenvalue weighted by atomic mass is 9.96. The summed E-state index contributed by atoms with van der Waals surface area (Å²) in [6, 6.07) is 14.9. The molecule has 1 unspecified atom stereocenters. The monoisotopic (exact) mass is 1060 g/mol. The second-order valence-corrected chi connectivity index (χ2v) is 19.0. The summed E-state index contributed by atoms with van der Waals surface area (Å²) >= 11 is 0. The topological polar surface area (TPSA) is 400 Å². The van der Waals surface area contributed by atoms with E-state index in [0.717, 1.165) is 12.8 Å². The number of carboxylic acid groups (broad SMARTS) is 1. The number of nitrogens with one attached hydrogen (secondary N) is 8. The van der Waals surface area contributed by atoms with Crippen molar-refractivity contribution >= 4 is 87.4 Å². The first-order valence-corrected chi connectivity index (χ1v) is 25.6. The highest BCUT2D eigenvalue weighted by molar-refractivity contribution is 6.06. The first kappa shape index (κ1) is 59.2. The highest BCUT2D eigenvalue weighted by Crippen LogP contribution is 2.27. The van der Waals surface area contributed by atoms with Crippen LogP contribution in [0.1, 0.15) is 138 Å². The van der Waals surface area contributed by atoms with E-state index in [0.29, 0.717) is 90.3 Å². The van der Waals surface area contributed by atoms with Crippen LogP contribution in [0.25, 0.3) is 0 Å². The van der Waals surface area contributed by atoms with E-state index in [4.69, 9.17) is 28.7 Å². The molecule has 5 atom stereocenters. The number of carbonyl (C=O) groups is 9. The summed E-state index contributed by atoms with van der Waals surface area (Å²) in [5.41, 5.74) is 32.8. The van der Waals surface area contributed by atoms with E-state index in [1.165, 1.54) is 24.3 Å². The van der Waals surface area contributed by atoms with Crippen molar-refractivity contribution in [2.45, 2.75) is 122 Å². The van der Waals surface area contributed by atoms with E-state index >= 15 is 0 Å². The maximum Gasteiger partial charge on any atom is 0.303 e. The zero-order chi connectivity index (χ0) is 56.3. The Balaban J connectivity index is 0.000000284. The minimum absolute atomic E-state index is 0.152. The Labute approximate surface area is 446 Å². The van der Waals surface area contributed by atoms with E-state index in [1.54, 1.807) is 48.5 Å². The molecular formula is C54H71N13O10. The van der Waals surface area contributed by atoms with Crippen LogP contribution in [0.2, 0.25) is 0 Å². The molecule has 8 amide bonds. The fraction of sp³-hybridized carbons (Fsp3) is 0.389. The number of nitrogen functional groups attached to an aromatic ring is 2. The highest BCUT2D eigenvalue weighted by Gasteiger charge is 2.33. The summed E-state index contributed by atoms with van der Waals surface area (Å²) < 4.78 is 0. The van der Waals surface area contributed by atoms with Gasteiger partial charge in [-0.25, -0.2) is 0 Å². The lowest BCUT2D eigenvalue weighted by molar-refractivity contribution is -0.137. The Morgan fingerprint density at radius 1 is 0.571 bits per heavy atom. The van der Waals surface area contributed by atoms with Crippen molar-refractivity contribution in [3.63, 3.8) is 0 Å². The van der Waals surface area contributed by atoms with E-state index < -0.39 is 77.4 Å². The van der Waals surface area contributed by atoms with Gasteiger partial charge in [0.15, 0.2) is 0 Å². The van der Waals surface area contributed by atoms with Crippen LogP contribution in [0.15, 0.2) is 72.8 Å². The quantitative estimate of drug-likeness (QED) is 0.0597. The van der Waals surface area contributed by atoms with Gasteiger partial charge in [-0.3, -0.25) is 43.2 Å². The van der Waals surface area contributed by atoms with Gasteiger partial charge in [0, 0.05) is 64.8 Å². The van der Waals surface area contributed by atoms with Gasteiger partial charge in [0.05, 0.1) is 11.1 Å². The number of carboxylic acids is 1. The number of hydrogen-bond acceptors (Lipinski definition) is 14. The number of rotatable bonds is 15. The number of amides is 8. The molecule has 23 nitrogen and oxygen atoms in total. The molecule has 23 heteroatoms. The molecular weight excluding hydrogens is 991 g/mol. The minimum atomic E-state index is -1.22. The fourth-order valence-electron chi connectivity index (χ4n) is 8.49. The largest absolute Gasteiger partial charge is 0.481 e. The average Bonchev–Trinajstić information content (AvgIpc) is 3.40. The van der Waals surface area contributed by atoms with E-state index in [9.17, 15) is 48.3 Å². The van der Waals surface area contributed by atoms with Gasteiger partial charge >= 0.3 is 5.97 Å². The Kier molecular flexibility index (Phi) is 21.7. The number of unbranched alkanes of at least 4 members (excludes halogenated alkanes) is 3. The van der Waals surface area contributed by atoms with Crippen molar-refractivity contribution < 1.29 is 48.3 Å². The fourth-order valence-corrected chi connectivity index (χ4v) is 8.49. The normalized spacial score (nSPS) is 18.4. The van der Waals surface area contributed by atoms with Crippen molar-refractivity contribution in [2.75, 3.05) is 39.3 Å². The molecule has 0 bridgehead atoms. The number of anilines is 6. The van der Waals surface area contributed by atoms with Gasteiger partial charge < -0.3 is 76.3 Å². The predicted molar refractivity (Wildman–Crippen MR) is 293 cm³/mol. The lowest BCUT2D eigenvalue weighted by Crippen LogP contribution is -2.55. The highest BCUT2D eigenvalue weighted by atomic mass is 16.4. The van der Waals surface area contributed by atoms with E-state index in [1.807, 2.05) is 20.8 Å². The van der Waals surface area contributed by atoms with Gasteiger partial charge in [0.2, 0.25) is 35.4 Å². The lowest BCUT2D eigenvalue weighted by Gasteiger charge is -2.28. The molecule has 0 saturated carbocycles. The third-order valence-electron chi connectivity index (χ3n) is 13.2. The first-order chi connectivity index (χ1) is 36.7. The molecule has 6 rings (SSSR count). The molecule has 77 heavy (non-hydrogen) atoms. The van der Waals surface area contributed by atoms with Gasteiger partial charge in [0.25, 0.3) is 11.8 Å². The average molecular weight is 1060 g/mol. The van der Waals surface area contributed by atoms with Gasteiger partial charge in [-0.05, 0) is 116 Å². The van der Waals surface area contributed by atoms with Crippen LogP contribution in [0, 0.1) is 5.92 Å². The zero-order valence-corrected chi connectivity index (χ0v) is 43.5. The van der Waals surface area contributed by atoms with Crippen molar-refractivity contribution in [1.29, 1.82) is 0 Å². The summed E-state index contributed by atoms with van der Waals surface area (Å²) in [5, 5.41) is 32.2. The molecule has 2 aliphatic heterocycles. The first-order valence-electron chi connectivity index (χ1n) is 25.6. The number of fused-ring (bicyclic) bond motifs is 4. The Morgan fingerprint density at radius 3 is 1.49 bits per heavy atom. The number of carbonyl (C=O) groups excluding carboxylic acids is 8. The third-order valence-corrected chi connectivity index (χ3v) is 13.2. The Morgan fingerprint density at radius 2 is 1.04 bits per heavy atom. The summed E-state index contributed by atoms with van der Waals surface area (Å²) in [5.74, 6) is -5.90. The van der Waals surface area contributed by atoms with E-state index in [2.05, 4.69) is 42.5 Å². The number of nitrogens with two attached hydrogens (primary N) is 5. The summed E-state index contributed by atoms with van der Waals surface area (Å²) in [6.45, 7) is 6.61.